The molecule has 108 valence electrons. The van der Waals surface area contributed by atoms with Gasteiger partial charge in [0.05, 0.1) is 0 Å². The lowest BCUT2D eigenvalue weighted by molar-refractivity contribution is 1.29. The molecule has 0 unspecified atom stereocenters. The summed E-state index contributed by atoms with van der Waals surface area (Å²) in [6.45, 7) is 0. The van der Waals surface area contributed by atoms with Crippen LogP contribution in [-0.4, -0.2) is 0 Å². The van der Waals surface area contributed by atoms with Crippen molar-refractivity contribution < 1.29 is 0 Å². The Labute approximate surface area is 140 Å². The van der Waals surface area contributed by atoms with Gasteiger partial charge in [-0.2, -0.15) is 0 Å². The van der Waals surface area contributed by atoms with Crippen molar-refractivity contribution in [3.05, 3.63) is 106 Å². The minimum atomic E-state index is 0.931. The first-order valence-electron chi connectivity index (χ1n) is 7.37. The molecule has 0 spiro atoms. The molecule has 3 aromatic carbocycles. The number of hydrogen-bond acceptors (Lipinski definition) is 0. The van der Waals surface area contributed by atoms with E-state index in [9.17, 15) is 0 Å². The fourth-order valence-corrected chi connectivity index (χ4v) is 2.73. The van der Waals surface area contributed by atoms with Gasteiger partial charge in [0, 0.05) is 4.47 Å². The Balaban J connectivity index is 1.97. The van der Waals surface area contributed by atoms with E-state index in [1.807, 2.05) is 0 Å². The summed E-state index contributed by atoms with van der Waals surface area (Å²) in [5.74, 6) is 0. The fraction of sp³-hybridized carbons (Fsp3) is 0.0476. The van der Waals surface area contributed by atoms with Crippen molar-refractivity contribution in [2.45, 2.75) is 6.42 Å². The van der Waals surface area contributed by atoms with E-state index in [2.05, 4.69) is 107 Å². The lowest BCUT2D eigenvalue weighted by Crippen LogP contribution is -1.91. The van der Waals surface area contributed by atoms with Crippen LogP contribution in [0.25, 0.3) is 11.6 Å². The van der Waals surface area contributed by atoms with Gasteiger partial charge >= 0.3 is 0 Å². The molecule has 0 N–H and O–H groups in total. The van der Waals surface area contributed by atoms with Crippen molar-refractivity contribution in [1.29, 1.82) is 0 Å². The maximum absolute atomic E-state index is 3.49. The number of allylic oxidation sites excluding steroid dienone is 1. The van der Waals surface area contributed by atoms with Gasteiger partial charge in [0.1, 0.15) is 0 Å². The Bertz CT molecular complexity index is 741. The average molecular weight is 349 g/mol. The number of halogens is 1. The third-order valence-electron chi connectivity index (χ3n) is 3.59. The first-order valence-corrected chi connectivity index (χ1v) is 8.16. The summed E-state index contributed by atoms with van der Waals surface area (Å²) in [7, 11) is 0. The summed E-state index contributed by atoms with van der Waals surface area (Å²) in [4.78, 5) is 0. The maximum atomic E-state index is 3.49. The minimum Gasteiger partial charge on any atom is -0.0622 e. The molecule has 0 atom stereocenters. The van der Waals surface area contributed by atoms with Crippen LogP contribution in [0.4, 0.5) is 0 Å². The van der Waals surface area contributed by atoms with Gasteiger partial charge in [-0.15, -0.1) is 0 Å². The van der Waals surface area contributed by atoms with E-state index < -0.39 is 0 Å². The Hall–Kier alpha value is -2.12. The molecule has 0 nitrogen and oxygen atoms in total. The van der Waals surface area contributed by atoms with Crippen molar-refractivity contribution in [2.75, 3.05) is 0 Å². The van der Waals surface area contributed by atoms with E-state index in [0.717, 1.165) is 10.9 Å². The number of rotatable bonds is 4. The van der Waals surface area contributed by atoms with Crippen molar-refractivity contribution in [1.82, 2.24) is 0 Å². The Morgan fingerprint density at radius 1 is 0.727 bits per heavy atom. The molecular weight excluding hydrogens is 332 g/mol. The first kappa shape index (κ1) is 14.8. The van der Waals surface area contributed by atoms with Crippen LogP contribution in [0.3, 0.4) is 0 Å². The normalized spacial score (nSPS) is 11.4. The summed E-state index contributed by atoms with van der Waals surface area (Å²) in [5, 5.41) is 0. The number of benzene rings is 3. The van der Waals surface area contributed by atoms with Crippen LogP contribution in [0.15, 0.2) is 89.4 Å². The zero-order valence-corrected chi connectivity index (χ0v) is 13.8. The van der Waals surface area contributed by atoms with E-state index in [-0.39, 0.29) is 0 Å². The van der Waals surface area contributed by atoms with Gasteiger partial charge in [0.25, 0.3) is 0 Å². The molecule has 3 rings (SSSR count). The highest BCUT2D eigenvalue weighted by Crippen LogP contribution is 2.23. The van der Waals surface area contributed by atoms with Gasteiger partial charge in [-0.3, -0.25) is 0 Å². The molecule has 0 aliphatic carbocycles. The van der Waals surface area contributed by atoms with Crippen molar-refractivity contribution in [3.63, 3.8) is 0 Å². The summed E-state index contributed by atoms with van der Waals surface area (Å²) < 4.78 is 1.11. The average Bonchev–Trinajstić information content (AvgIpc) is 2.58. The Kier molecular flexibility index (Phi) is 4.87. The molecule has 3 aromatic rings. The molecule has 0 heterocycles. The molecule has 0 bridgehead atoms. The van der Waals surface area contributed by atoms with E-state index in [0.29, 0.717) is 0 Å². The topological polar surface area (TPSA) is 0 Å². The van der Waals surface area contributed by atoms with Crippen molar-refractivity contribution in [2.24, 2.45) is 0 Å². The Morgan fingerprint density at radius 3 is 1.95 bits per heavy atom. The van der Waals surface area contributed by atoms with E-state index >= 15 is 0 Å². The van der Waals surface area contributed by atoms with Crippen LogP contribution in [0, 0.1) is 0 Å². The smallest absolute Gasteiger partial charge is 0.0175 e. The van der Waals surface area contributed by atoms with Crippen LogP contribution in [0.2, 0.25) is 0 Å². The zero-order chi connectivity index (χ0) is 15.2. The summed E-state index contributed by atoms with van der Waals surface area (Å²) in [6, 6.07) is 29.6. The summed E-state index contributed by atoms with van der Waals surface area (Å²) in [5.41, 5.74) is 5.15. The summed E-state index contributed by atoms with van der Waals surface area (Å²) >= 11 is 3.49. The molecule has 0 radical (unpaired) electrons. The second-order valence-electron chi connectivity index (χ2n) is 5.25. The fourth-order valence-electron chi connectivity index (χ4n) is 2.46. The van der Waals surface area contributed by atoms with Crippen LogP contribution in [-0.2, 0) is 6.42 Å². The molecule has 0 aliphatic rings. The van der Waals surface area contributed by atoms with E-state index in [4.69, 9.17) is 0 Å². The first-order chi connectivity index (χ1) is 10.8. The van der Waals surface area contributed by atoms with Gasteiger partial charge in [0.2, 0.25) is 0 Å². The van der Waals surface area contributed by atoms with Crippen LogP contribution in [0.1, 0.15) is 16.7 Å². The largest absolute Gasteiger partial charge is 0.0622 e. The summed E-state index contributed by atoms with van der Waals surface area (Å²) in [6.07, 6.45) is 3.20. The lowest BCUT2D eigenvalue weighted by Gasteiger charge is -2.09. The van der Waals surface area contributed by atoms with Gasteiger partial charge in [0.15, 0.2) is 0 Å². The molecule has 0 saturated carbocycles. The monoisotopic (exact) mass is 348 g/mol. The van der Waals surface area contributed by atoms with Crippen LogP contribution >= 0.6 is 15.9 Å². The van der Waals surface area contributed by atoms with Gasteiger partial charge in [-0.05, 0) is 40.8 Å². The van der Waals surface area contributed by atoms with Crippen LogP contribution in [0.5, 0.6) is 0 Å². The molecule has 0 amide bonds. The quantitative estimate of drug-likeness (QED) is 0.490. The third kappa shape index (κ3) is 3.96. The van der Waals surface area contributed by atoms with Gasteiger partial charge < -0.3 is 0 Å². The second kappa shape index (κ2) is 7.24. The second-order valence-corrected chi connectivity index (χ2v) is 6.17. The highest BCUT2D eigenvalue weighted by molar-refractivity contribution is 9.10. The molecule has 0 aromatic heterocycles. The standard InChI is InChI=1S/C21H17Br/c22-21-13-11-18(12-14-21)16-20(19-9-5-2-6-10-19)15-17-7-3-1-4-8-17/h1-14,16H,15H2. The molecule has 0 fully saturated rings. The minimum absolute atomic E-state index is 0.931. The Morgan fingerprint density at radius 2 is 1.32 bits per heavy atom. The van der Waals surface area contributed by atoms with Crippen molar-refractivity contribution >= 4 is 27.6 Å². The predicted molar refractivity (Wildman–Crippen MR) is 98.6 cm³/mol. The SMILES string of the molecule is Brc1ccc(C=C(Cc2ccccc2)c2ccccc2)cc1. The molecular formula is C21H17Br. The van der Waals surface area contributed by atoms with Gasteiger partial charge in [-0.25, -0.2) is 0 Å². The zero-order valence-electron chi connectivity index (χ0n) is 12.2. The lowest BCUT2D eigenvalue weighted by atomic mass is 9.96. The van der Waals surface area contributed by atoms with Crippen molar-refractivity contribution in [3.8, 4) is 0 Å². The van der Waals surface area contributed by atoms with Crippen LogP contribution < -0.4 is 0 Å². The molecule has 0 aliphatic heterocycles. The third-order valence-corrected chi connectivity index (χ3v) is 4.12. The van der Waals surface area contributed by atoms with Gasteiger partial charge in [-0.1, -0.05) is 94.8 Å². The maximum Gasteiger partial charge on any atom is 0.0175 e. The molecule has 0 saturated heterocycles. The molecule has 22 heavy (non-hydrogen) atoms. The van der Waals surface area contributed by atoms with E-state index in [1.165, 1.54) is 22.3 Å². The molecule has 1 heteroatoms. The highest BCUT2D eigenvalue weighted by atomic mass is 79.9. The van der Waals surface area contributed by atoms with E-state index in [1.54, 1.807) is 0 Å². The number of hydrogen-bond donors (Lipinski definition) is 0. The highest BCUT2D eigenvalue weighted by Gasteiger charge is 2.03. The predicted octanol–water partition coefficient (Wildman–Crippen LogP) is 6.23.